The van der Waals surface area contributed by atoms with Crippen molar-refractivity contribution < 1.29 is 18.3 Å². The van der Waals surface area contributed by atoms with E-state index in [4.69, 9.17) is 4.99 Å². The van der Waals surface area contributed by atoms with E-state index >= 15 is 0 Å². The molecule has 5 nitrogen and oxygen atoms in total. The Morgan fingerprint density at radius 2 is 1.96 bits per heavy atom. The second kappa shape index (κ2) is 7.09. The number of nitrogens with one attached hydrogen (secondary N) is 1. The molecule has 1 saturated carbocycles. The van der Waals surface area contributed by atoms with Crippen LogP contribution in [0.25, 0.3) is 16.8 Å². The molecule has 1 aromatic carbocycles. The standard InChI is InChI=1S/C20H21F3N4O/c1-12-9-18(25-15-5-7-16(28)8-6-15)26-27-17(11-24-19(12)27)13-3-2-4-14(10-13)20(21,22)23/h2-4,10-11,15-16,28H,1,5-9H2,(H,25,26). The maximum absolute atomic E-state index is 13.1. The molecule has 28 heavy (non-hydrogen) atoms. The van der Waals surface area contributed by atoms with Gasteiger partial charge in [-0.3, -0.25) is 10.4 Å². The molecule has 4 rings (SSSR count). The number of fused-ring (bicyclic) bond motifs is 1. The highest BCUT2D eigenvalue weighted by Crippen LogP contribution is 2.33. The van der Waals surface area contributed by atoms with E-state index in [0.29, 0.717) is 29.3 Å². The summed E-state index contributed by atoms with van der Waals surface area (Å²) in [5.74, 6) is 1.30. The van der Waals surface area contributed by atoms with Gasteiger partial charge in [0.25, 0.3) is 0 Å². The first-order valence-corrected chi connectivity index (χ1v) is 9.26. The van der Waals surface area contributed by atoms with Gasteiger partial charge in [0.15, 0.2) is 5.82 Å². The molecule has 1 aliphatic carbocycles. The average Bonchev–Trinajstić information content (AvgIpc) is 3.08. The Hall–Kier alpha value is -2.61. The van der Waals surface area contributed by atoms with Crippen LogP contribution >= 0.6 is 0 Å². The number of imidazole rings is 1. The van der Waals surface area contributed by atoms with Crippen LogP contribution in [0, 0.1) is 0 Å². The number of aliphatic hydroxyl groups is 1. The summed E-state index contributed by atoms with van der Waals surface area (Å²) in [6.45, 7) is 4.05. The quantitative estimate of drug-likeness (QED) is 0.807. The van der Waals surface area contributed by atoms with Crippen LogP contribution in [0.4, 0.5) is 13.2 Å². The molecule has 0 bridgehead atoms. The van der Waals surface area contributed by atoms with Gasteiger partial charge in [-0.15, -0.1) is 0 Å². The molecular formula is C20H21F3N4O. The van der Waals surface area contributed by atoms with Gasteiger partial charge in [0.05, 0.1) is 29.6 Å². The number of rotatable bonds is 2. The summed E-state index contributed by atoms with van der Waals surface area (Å²) in [4.78, 5) is 9.08. The van der Waals surface area contributed by atoms with Crippen LogP contribution in [0.2, 0.25) is 0 Å². The van der Waals surface area contributed by atoms with Crippen LogP contribution < -0.4 is 5.43 Å². The molecule has 2 heterocycles. The Morgan fingerprint density at radius 1 is 1.21 bits per heavy atom. The molecule has 2 aliphatic rings. The number of hydrogen-bond acceptors (Lipinski definition) is 3. The molecule has 2 N–H and O–H groups in total. The van der Waals surface area contributed by atoms with Crippen LogP contribution in [0.5, 0.6) is 0 Å². The molecule has 8 heteroatoms. The molecule has 0 saturated heterocycles. The number of aromatic nitrogens is 2. The van der Waals surface area contributed by atoms with E-state index in [2.05, 4.69) is 17.0 Å². The van der Waals surface area contributed by atoms with Crippen LogP contribution in [0.1, 0.15) is 43.5 Å². The highest BCUT2D eigenvalue weighted by Gasteiger charge is 2.31. The molecule has 0 amide bonds. The van der Waals surface area contributed by atoms with Crippen molar-refractivity contribution in [1.29, 1.82) is 0 Å². The second-order valence-electron chi connectivity index (χ2n) is 7.31. The van der Waals surface area contributed by atoms with Crippen LogP contribution in [0.15, 0.2) is 42.0 Å². The van der Waals surface area contributed by atoms with Crippen LogP contribution in [-0.4, -0.2) is 32.7 Å². The number of benzene rings is 1. The number of alkyl halides is 3. The maximum Gasteiger partial charge on any atom is 0.416 e. The van der Waals surface area contributed by atoms with E-state index in [1.807, 2.05) is 0 Å². The van der Waals surface area contributed by atoms with E-state index in [1.165, 1.54) is 6.07 Å². The Morgan fingerprint density at radius 3 is 2.68 bits per heavy atom. The molecule has 148 valence electrons. The maximum atomic E-state index is 13.1. The molecule has 1 fully saturated rings. The van der Waals surface area contributed by atoms with Gasteiger partial charge in [0, 0.05) is 12.0 Å². The van der Waals surface area contributed by atoms with Crippen molar-refractivity contribution in [2.75, 3.05) is 5.43 Å². The zero-order chi connectivity index (χ0) is 19.9. The fraction of sp³-hybridized carbons (Fsp3) is 0.400. The largest absolute Gasteiger partial charge is 0.416 e. The summed E-state index contributed by atoms with van der Waals surface area (Å²) in [6, 6.07) is 5.30. The fourth-order valence-electron chi connectivity index (χ4n) is 3.70. The highest BCUT2D eigenvalue weighted by atomic mass is 19.4. The fourth-order valence-corrected chi connectivity index (χ4v) is 3.70. The van der Waals surface area contributed by atoms with Crippen molar-refractivity contribution in [2.45, 2.75) is 50.4 Å². The predicted molar refractivity (Wildman–Crippen MR) is 101 cm³/mol. The zero-order valence-corrected chi connectivity index (χ0v) is 15.2. The first kappa shape index (κ1) is 18.7. The third-order valence-electron chi connectivity index (χ3n) is 5.19. The van der Waals surface area contributed by atoms with Crippen molar-refractivity contribution in [3.05, 3.63) is 48.4 Å². The highest BCUT2D eigenvalue weighted by molar-refractivity contribution is 6.00. The van der Waals surface area contributed by atoms with Gasteiger partial charge in [-0.1, -0.05) is 18.7 Å². The minimum Gasteiger partial charge on any atom is -0.393 e. The molecule has 0 radical (unpaired) electrons. The third kappa shape index (κ3) is 3.69. The summed E-state index contributed by atoms with van der Waals surface area (Å²) < 4.78 is 40.9. The van der Waals surface area contributed by atoms with Crippen molar-refractivity contribution in [2.24, 2.45) is 4.99 Å². The average molecular weight is 390 g/mol. The summed E-state index contributed by atoms with van der Waals surface area (Å²) in [5, 5.41) is 9.65. The molecule has 1 aromatic heterocycles. The number of aliphatic hydroxyl groups excluding tert-OH is 1. The number of halogens is 3. The van der Waals surface area contributed by atoms with Gasteiger partial charge < -0.3 is 5.11 Å². The molecule has 0 atom stereocenters. The number of amidine groups is 1. The van der Waals surface area contributed by atoms with E-state index in [-0.39, 0.29) is 12.1 Å². The lowest BCUT2D eigenvalue weighted by atomic mass is 9.93. The Labute approximate surface area is 160 Å². The Bertz CT molecular complexity index is 924. The van der Waals surface area contributed by atoms with Crippen molar-refractivity contribution in [3.8, 4) is 11.3 Å². The predicted octanol–water partition coefficient (Wildman–Crippen LogP) is 4.23. The number of nitrogens with zero attached hydrogens (tertiary/aromatic N) is 3. The molecule has 0 spiro atoms. The first-order valence-electron chi connectivity index (χ1n) is 9.26. The second-order valence-corrected chi connectivity index (χ2v) is 7.31. The van der Waals surface area contributed by atoms with Gasteiger partial charge in [0.1, 0.15) is 5.84 Å². The molecule has 2 aromatic rings. The van der Waals surface area contributed by atoms with Gasteiger partial charge >= 0.3 is 6.18 Å². The first-order chi connectivity index (χ1) is 13.3. The van der Waals surface area contributed by atoms with Crippen molar-refractivity contribution in [1.82, 2.24) is 9.66 Å². The molecule has 1 aliphatic heterocycles. The summed E-state index contributed by atoms with van der Waals surface area (Å²) in [6.07, 6.45) is 0.490. The topological polar surface area (TPSA) is 62.4 Å². The lowest BCUT2D eigenvalue weighted by molar-refractivity contribution is -0.137. The summed E-state index contributed by atoms with van der Waals surface area (Å²) in [5.41, 5.74) is 4.18. The van der Waals surface area contributed by atoms with E-state index in [9.17, 15) is 18.3 Å². The lowest BCUT2D eigenvalue weighted by Crippen LogP contribution is -2.32. The zero-order valence-electron chi connectivity index (χ0n) is 15.2. The SMILES string of the molecule is C=C1CC(=NC2CCC(O)CC2)Nn2c(-c3cccc(C(F)(F)F)c3)cnc21. The van der Waals surface area contributed by atoms with Crippen molar-refractivity contribution in [3.63, 3.8) is 0 Å². The third-order valence-corrected chi connectivity index (χ3v) is 5.19. The van der Waals surface area contributed by atoms with Crippen molar-refractivity contribution >= 4 is 11.4 Å². The monoisotopic (exact) mass is 390 g/mol. The van der Waals surface area contributed by atoms with E-state index in [1.54, 1.807) is 16.9 Å². The smallest absolute Gasteiger partial charge is 0.393 e. The van der Waals surface area contributed by atoms with Crippen LogP contribution in [-0.2, 0) is 6.18 Å². The van der Waals surface area contributed by atoms with E-state index < -0.39 is 11.7 Å². The van der Waals surface area contributed by atoms with Gasteiger partial charge in [-0.2, -0.15) is 13.2 Å². The minimum absolute atomic E-state index is 0.126. The molecule has 0 unspecified atom stereocenters. The van der Waals surface area contributed by atoms with E-state index in [0.717, 1.165) is 43.4 Å². The number of hydrogen-bond donors (Lipinski definition) is 2. The van der Waals surface area contributed by atoms with Gasteiger partial charge in [-0.05, 0) is 43.4 Å². The Kier molecular flexibility index (Phi) is 4.74. The van der Waals surface area contributed by atoms with Gasteiger partial charge in [-0.25, -0.2) is 9.66 Å². The molecular weight excluding hydrogens is 369 g/mol. The summed E-state index contributed by atoms with van der Waals surface area (Å²) in [7, 11) is 0. The minimum atomic E-state index is -4.41. The Balaban J connectivity index is 1.64. The number of aliphatic imine (C=N–C) groups is 1. The lowest BCUT2D eigenvalue weighted by Gasteiger charge is -2.26. The van der Waals surface area contributed by atoms with Crippen LogP contribution in [0.3, 0.4) is 0 Å². The normalized spacial score (nSPS) is 24.1. The van der Waals surface area contributed by atoms with Gasteiger partial charge in [0.2, 0.25) is 0 Å². The summed E-state index contributed by atoms with van der Waals surface area (Å²) >= 11 is 0.